The second-order valence-electron chi connectivity index (χ2n) is 7.03. The lowest BCUT2D eigenvalue weighted by atomic mass is 9.88. The molecule has 2 aromatic rings. The first-order valence-electron chi connectivity index (χ1n) is 9.52. The molecule has 1 saturated carbocycles. The van der Waals surface area contributed by atoms with Crippen molar-refractivity contribution in [1.29, 1.82) is 0 Å². The van der Waals surface area contributed by atoms with Gasteiger partial charge in [0.2, 0.25) is 5.95 Å². The number of nitrogens with one attached hydrogen (secondary N) is 2. The number of aliphatic hydroxyl groups is 1. The van der Waals surface area contributed by atoms with Crippen molar-refractivity contribution in [3.05, 3.63) is 41.0 Å². The summed E-state index contributed by atoms with van der Waals surface area (Å²) in [6, 6.07) is 6.97. The molecule has 1 unspecified atom stereocenters. The molecule has 28 heavy (non-hydrogen) atoms. The van der Waals surface area contributed by atoms with Crippen LogP contribution < -0.4 is 15.5 Å². The van der Waals surface area contributed by atoms with Gasteiger partial charge in [-0.3, -0.25) is 4.79 Å². The third kappa shape index (κ3) is 4.72. The number of hydrogen-bond acceptors (Lipinski definition) is 6. The normalized spacial score (nSPS) is 15.7. The van der Waals surface area contributed by atoms with E-state index in [9.17, 15) is 9.90 Å². The van der Waals surface area contributed by atoms with E-state index in [1.54, 1.807) is 31.4 Å². The van der Waals surface area contributed by atoms with Crippen LogP contribution in [0, 0.1) is 5.92 Å². The first-order valence-corrected chi connectivity index (χ1v) is 9.90. The van der Waals surface area contributed by atoms with Gasteiger partial charge in [0.1, 0.15) is 12.0 Å². The minimum absolute atomic E-state index is 0.100. The number of nitrogens with zero attached hydrogens (tertiary/aromatic N) is 3. The monoisotopic (exact) mass is 403 g/mol. The van der Waals surface area contributed by atoms with Crippen LogP contribution in [0.25, 0.3) is 0 Å². The van der Waals surface area contributed by atoms with Gasteiger partial charge in [-0.2, -0.15) is 4.98 Å². The van der Waals surface area contributed by atoms with Crippen LogP contribution in [0.15, 0.2) is 30.5 Å². The van der Waals surface area contributed by atoms with Crippen molar-refractivity contribution in [1.82, 2.24) is 15.3 Å². The number of benzene rings is 1. The second-order valence-corrected chi connectivity index (χ2v) is 7.44. The molecule has 1 aliphatic rings. The molecule has 0 aliphatic heterocycles. The number of aliphatic hydroxyl groups excluding tert-OH is 1. The van der Waals surface area contributed by atoms with Gasteiger partial charge in [-0.1, -0.05) is 30.9 Å². The standard InChI is InChI=1S/C20H26ClN5O2/c1-22-20-23-11-10-17(24-20)26(2)14-8-9-16(21)15(12-14)19(28)25-18(27)13-6-4-3-5-7-13/h8-13,18,27H,3-7H2,1-2H3,(H,25,28)(H,22,23,24). The van der Waals surface area contributed by atoms with E-state index in [2.05, 4.69) is 20.6 Å². The lowest BCUT2D eigenvalue weighted by Crippen LogP contribution is -2.41. The van der Waals surface area contributed by atoms with E-state index in [-0.39, 0.29) is 11.8 Å². The summed E-state index contributed by atoms with van der Waals surface area (Å²) in [5.74, 6) is 0.905. The molecule has 1 amide bonds. The summed E-state index contributed by atoms with van der Waals surface area (Å²) in [5.41, 5.74) is 1.08. The second kappa shape index (κ2) is 9.21. The molecule has 3 rings (SSSR count). The summed E-state index contributed by atoms with van der Waals surface area (Å²) in [5, 5.41) is 16.4. The lowest BCUT2D eigenvalue weighted by molar-refractivity contribution is 0.0463. The van der Waals surface area contributed by atoms with Crippen LogP contribution in [0.4, 0.5) is 17.5 Å². The van der Waals surface area contributed by atoms with Gasteiger partial charge in [0, 0.05) is 31.9 Å². The highest BCUT2D eigenvalue weighted by atomic mass is 35.5. The van der Waals surface area contributed by atoms with E-state index in [4.69, 9.17) is 11.6 Å². The molecule has 7 nitrogen and oxygen atoms in total. The van der Waals surface area contributed by atoms with E-state index in [1.165, 1.54) is 6.42 Å². The molecule has 1 fully saturated rings. The number of rotatable bonds is 6. The molecular weight excluding hydrogens is 378 g/mol. The van der Waals surface area contributed by atoms with Gasteiger partial charge in [0.15, 0.2) is 0 Å². The summed E-state index contributed by atoms with van der Waals surface area (Å²) in [6.45, 7) is 0. The number of anilines is 3. The number of carbonyl (C=O) groups is 1. The molecule has 1 aromatic carbocycles. The van der Waals surface area contributed by atoms with Crippen molar-refractivity contribution >= 4 is 35.0 Å². The van der Waals surface area contributed by atoms with E-state index >= 15 is 0 Å². The largest absolute Gasteiger partial charge is 0.373 e. The lowest BCUT2D eigenvalue weighted by Gasteiger charge is -2.27. The topological polar surface area (TPSA) is 90.4 Å². The van der Waals surface area contributed by atoms with Crippen LogP contribution in [0.2, 0.25) is 5.02 Å². The van der Waals surface area contributed by atoms with Crippen molar-refractivity contribution in [3.63, 3.8) is 0 Å². The number of amides is 1. The highest BCUT2D eigenvalue weighted by molar-refractivity contribution is 6.34. The Morgan fingerprint density at radius 1 is 1.29 bits per heavy atom. The van der Waals surface area contributed by atoms with Gasteiger partial charge < -0.3 is 20.6 Å². The van der Waals surface area contributed by atoms with Crippen LogP contribution >= 0.6 is 11.6 Å². The first-order chi connectivity index (χ1) is 13.5. The van der Waals surface area contributed by atoms with E-state index in [1.807, 2.05) is 18.0 Å². The quantitative estimate of drug-likeness (QED) is 0.639. The van der Waals surface area contributed by atoms with E-state index in [0.717, 1.165) is 31.4 Å². The maximum absolute atomic E-state index is 12.7. The van der Waals surface area contributed by atoms with Crippen LogP contribution in [0.1, 0.15) is 42.5 Å². The predicted molar refractivity (Wildman–Crippen MR) is 111 cm³/mol. The van der Waals surface area contributed by atoms with Crippen molar-refractivity contribution in [2.24, 2.45) is 5.92 Å². The number of hydrogen-bond donors (Lipinski definition) is 3. The smallest absolute Gasteiger partial charge is 0.254 e. The van der Waals surface area contributed by atoms with Crippen molar-refractivity contribution in [2.45, 2.75) is 38.3 Å². The fourth-order valence-corrected chi connectivity index (χ4v) is 3.67. The zero-order chi connectivity index (χ0) is 20.1. The predicted octanol–water partition coefficient (Wildman–Crippen LogP) is 3.57. The van der Waals surface area contributed by atoms with E-state index < -0.39 is 6.23 Å². The zero-order valence-electron chi connectivity index (χ0n) is 16.2. The van der Waals surface area contributed by atoms with Crippen molar-refractivity contribution < 1.29 is 9.90 Å². The molecule has 1 heterocycles. The Labute approximate surface area is 170 Å². The number of halogens is 1. The Hall–Kier alpha value is -2.38. The Balaban J connectivity index is 1.77. The fourth-order valence-electron chi connectivity index (χ4n) is 3.46. The third-order valence-electron chi connectivity index (χ3n) is 5.17. The molecular formula is C20H26ClN5O2. The summed E-state index contributed by atoms with van der Waals surface area (Å²) < 4.78 is 0. The Kier molecular flexibility index (Phi) is 6.70. The van der Waals surface area contributed by atoms with Gasteiger partial charge >= 0.3 is 0 Å². The number of carbonyl (C=O) groups excluding carboxylic acids is 1. The molecule has 1 atom stereocenters. The molecule has 0 spiro atoms. The van der Waals surface area contributed by atoms with Crippen LogP contribution in [-0.2, 0) is 0 Å². The third-order valence-corrected chi connectivity index (χ3v) is 5.49. The van der Waals surface area contributed by atoms with Gasteiger partial charge in [-0.25, -0.2) is 4.98 Å². The van der Waals surface area contributed by atoms with Gasteiger partial charge in [-0.15, -0.1) is 0 Å². The van der Waals surface area contributed by atoms with Crippen molar-refractivity contribution in [3.8, 4) is 0 Å². The molecule has 1 aromatic heterocycles. The van der Waals surface area contributed by atoms with E-state index in [0.29, 0.717) is 22.4 Å². The molecule has 3 N–H and O–H groups in total. The molecule has 1 aliphatic carbocycles. The maximum Gasteiger partial charge on any atom is 0.254 e. The maximum atomic E-state index is 12.7. The van der Waals surface area contributed by atoms with Crippen molar-refractivity contribution in [2.75, 3.05) is 24.3 Å². The molecule has 0 radical (unpaired) electrons. The molecule has 0 bridgehead atoms. The number of aromatic nitrogens is 2. The van der Waals surface area contributed by atoms with Gasteiger partial charge in [-0.05, 0) is 37.1 Å². The molecule has 8 heteroatoms. The minimum atomic E-state index is -0.856. The molecule has 0 saturated heterocycles. The SMILES string of the molecule is CNc1nccc(N(C)c2ccc(Cl)c(C(=O)NC(O)C3CCCCC3)c2)n1. The summed E-state index contributed by atoms with van der Waals surface area (Å²) in [4.78, 5) is 23.1. The van der Waals surface area contributed by atoms with Crippen LogP contribution in [-0.4, -0.2) is 41.3 Å². The Morgan fingerprint density at radius 3 is 2.75 bits per heavy atom. The highest BCUT2D eigenvalue weighted by Crippen LogP contribution is 2.28. The highest BCUT2D eigenvalue weighted by Gasteiger charge is 2.24. The Morgan fingerprint density at radius 2 is 2.04 bits per heavy atom. The first kappa shape index (κ1) is 20.4. The average Bonchev–Trinajstić information content (AvgIpc) is 2.74. The minimum Gasteiger partial charge on any atom is -0.373 e. The summed E-state index contributed by atoms with van der Waals surface area (Å²) in [7, 11) is 3.60. The Bertz CT molecular complexity index is 826. The average molecular weight is 404 g/mol. The molecule has 150 valence electrons. The summed E-state index contributed by atoms with van der Waals surface area (Å²) >= 11 is 6.26. The zero-order valence-corrected chi connectivity index (χ0v) is 16.9. The summed E-state index contributed by atoms with van der Waals surface area (Å²) in [6.07, 6.45) is 6.03. The van der Waals surface area contributed by atoms with Gasteiger partial charge in [0.05, 0.1) is 10.6 Å². The van der Waals surface area contributed by atoms with Gasteiger partial charge in [0.25, 0.3) is 5.91 Å². The van der Waals surface area contributed by atoms with Crippen LogP contribution in [0.5, 0.6) is 0 Å². The fraction of sp³-hybridized carbons (Fsp3) is 0.450. The van der Waals surface area contributed by atoms with Crippen LogP contribution in [0.3, 0.4) is 0 Å².